The molecular weight excluding hydrogens is 1030 g/mol. The highest BCUT2D eigenvalue weighted by Crippen LogP contribution is 2.57. The molecular formula is C73H41N11. The number of nitrogens with zero attached hydrogens (tertiary/aromatic N) is 9. The fourth-order valence-corrected chi connectivity index (χ4v) is 13.3. The van der Waals surface area contributed by atoms with Gasteiger partial charge in [0, 0.05) is 123 Å². The second-order valence-electron chi connectivity index (χ2n) is 21.4. The third-order valence-electron chi connectivity index (χ3n) is 16.9. The summed E-state index contributed by atoms with van der Waals surface area (Å²) in [6, 6.07) is 72.7. The van der Waals surface area contributed by atoms with E-state index in [1.54, 1.807) is 18.6 Å². The van der Waals surface area contributed by atoms with Crippen molar-refractivity contribution in [3.8, 4) is 67.3 Å². The van der Waals surface area contributed by atoms with Gasteiger partial charge in [0.15, 0.2) is 11.5 Å². The van der Waals surface area contributed by atoms with E-state index in [-0.39, 0.29) is 0 Å². The van der Waals surface area contributed by atoms with Crippen LogP contribution in [-0.4, -0.2) is 55.1 Å². The molecule has 84 heavy (non-hydrogen) atoms. The van der Waals surface area contributed by atoms with Gasteiger partial charge in [-0.2, -0.15) is 0 Å². The van der Waals surface area contributed by atoms with E-state index in [1.807, 2.05) is 36.7 Å². The Morgan fingerprint density at radius 1 is 0.298 bits per heavy atom. The molecule has 11 heteroatoms. The molecule has 0 fully saturated rings. The average Bonchev–Trinajstić information content (AvgIpc) is 2.16. The third kappa shape index (κ3) is 6.83. The van der Waals surface area contributed by atoms with E-state index >= 15 is 0 Å². The number of para-hydroxylation sites is 4. The van der Waals surface area contributed by atoms with Crippen LogP contribution in [0.25, 0.3) is 187 Å². The molecule has 0 amide bonds. The van der Waals surface area contributed by atoms with Crippen LogP contribution in [-0.2, 0) is 0 Å². The summed E-state index contributed by atoms with van der Waals surface area (Å²) >= 11 is 0. The predicted octanol–water partition coefficient (Wildman–Crippen LogP) is 17.6. The van der Waals surface area contributed by atoms with Gasteiger partial charge in [-0.1, -0.05) is 152 Å². The Bertz CT molecular complexity index is 5850. The Morgan fingerprint density at radius 3 is 1.82 bits per heavy atom. The van der Waals surface area contributed by atoms with Crippen molar-refractivity contribution in [2.45, 2.75) is 0 Å². The molecule has 0 saturated carbocycles. The molecule has 0 aliphatic rings. The van der Waals surface area contributed by atoms with E-state index in [9.17, 15) is 0 Å². The van der Waals surface area contributed by atoms with E-state index in [0.717, 1.165) is 165 Å². The minimum atomic E-state index is 0.441. The highest BCUT2D eigenvalue weighted by molar-refractivity contribution is 6.30. The molecule has 0 bridgehead atoms. The second kappa shape index (κ2) is 17.9. The molecule has 10 aromatic carbocycles. The molecule has 0 spiro atoms. The molecule has 18 rings (SSSR count). The molecule has 0 aliphatic carbocycles. The summed E-state index contributed by atoms with van der Waals surface area (Å²) in [6.07, 6.45) is 9.06. The number of nitrogens with one attached hydrogen (secondary N) is 2. The van der Waals surface area contributed by atoms with Crippen LogP contribution in [0.5, 0.6) is 0 Å². The maximum Gasteiger partial charge on any atom is 0.181 e. The molecule has 8 heterocycles. The Labute approximate surface area is 477 Å². The Balaban J connectivity index is 1.17. The van der Waals surface area contributed by atoms with E-state index < -0.39 is 0 Å². The number of rotatable bonds is 6. The first-order valence-electron chi connectivity index (χ1n) is 27.9. The number of aromatic amines is 2. The number of hydrogen-bond acceptors (Lipinski definition) is 9. The van der Waals surface area contributed by atoms with Crippen molar-refractivity contribution < 1.29 is 0 Å². The molecule has 0 unspecified atom stereocenters. The molecule has 11 nitrogen and oxygen atoms in total. The largest absolute Gasteiger partial charge is 0.354 e. The molecule has 18 aromatic rings. The molecule has 2 N–H and O–H groups in total. The smallest absolute Gasteiger partial charge is 0.181 e. The monoisotopic (exact) mass is 1070 g/mol. The van der Waals surface area contributed by atoms with Gasteiger partial charge in [-0.15, -0.1) is 10.2 Å². The van der Waals surface area contributed by atoms with Crippen molar-refractivity contribution in [3.05, 3.63) is 237 Å². The third-order valence-corrected chi connectivity index (χ3v) is 16.9. The van der Waals surface area contributed by atoms with E-state index in [4.69, 9.17) is 40.1 Å². The van der Waals surface area contributed by atoms with Crippen molar-refractivity contribution in [1.82, 2.24) is 55.1 Å². The van der Waals surface area contributed by atoms with Gasteiger partial charge >= 0.3 is 0 Å². The maximum atomic E-state index is 5.67. The predicted molar refractivity (Wildman–Crippen MR) is 340 cm³/mol. The summed E-state index contributed by atoms with van der Waals surface area (Å²) in [4.78, 5) is 44.5. The van der Waals surface area contributed by atoms with Crippen LogP contribution in [0.1, 0.15) is 0 Å². The van der Waals surface area contributed by atoms with Crippen LogP contribution in [0, 0.1) is 0 Å². The van der Waals surface area contributed by atoms with E-state index in [0.29, 0.717) is 22.7 Å². The van der Waals surface area contributed by atoms with Crippen LogP contribution < -0.4 is 0 Å². The van der Waals surface area contributed by atoms with Crippen molar-refractivity contribution in [1.29, 1.82) is 0 Å². The quantitative estimate of drug-likeness (QED) is 0.123. The van der Waals surface area contributed by atoms with Gasteiger partial charge in [0.2, 0.25) is 0 Å². The topological polar surface area (TPSA) is 148 Å². The zero-order valence-electron chi connectivity index (χ0n) is 44.5. The lowest BCUT2D eigenvalue weighted by molar-refractivity contribution is 1.08. The summed E-state index contributed by atoms with van der Waals surface area (Å²) < 4.78 is 0. The maximum absolute atomic E-state index is 5.67. The summed E-state index contributed by atoms with van der Waals surface area (Å²) in [5.74, 6) is 0.441. The first-order chi connectivity index (χ1) is 41.7. The minimum Gasteiger partial charge on any atom is -0.354 e. The second-order valence-corrected chi connectivity index (χ2v) is 21.4. The Morgan fingerprint density at radius 2 is 0.964 bits per heavy atom. The van der Waals surface area contributed by atoms with Crippen molar-refractivity contribution >= 4 is 120 Å². The SMILES string of the molecule is c1ccc2nnc(-c3ccc4c(-c5cccc6nc7ccccc7cc56)c(-c5cccc6ncc7ccccc7c56)c(-c5nccc6c5[nH]c5ccccc56)c(-c5cccc6c5[nH]c5ccccc56)c4c3-c3ncc4nccnc4n3)cc2c1. The van der Waals surface area contributed by atoms with Gasteiger partial charge in [0.05, 0.1) is 50.7 Å². The fraction of sp³-hybridized carbons (Fsp3) is 0. The first kappa shape index (κ1) is 46.1. The zero-order chi connectivity index (χ0) is 55.0. The summed E-state index contributed by atoms with van der Waals surface area (Å²) in [6.45, 7) is 0. The van der Waals surface area contributed by atoms with E-state index in [2.05, 4.69) is 197 Å². The first-order valence-corrected chi connectivity index (χ1v) is 27.9. The highest BCUT2D eigenvalue weighted by Gasteiger charge is 2.33. The number of fused-ring (bicyclic) bond motifs is 14. The van der Waals surface area contributed by atoms with Crippen LogP contribution in [0.3, 0.4) is 0 Å². The van der Waals surface area contributed by atoms with Gasteiger partial charge in [-0.05, 0) is 82.1 Å². The van der Waals surface area contributed by atoms with E-state index in [1.165, 1.54) is 0 Å². The van der Waals surface area contributed by atoms with Crippen LogP contribution in [0.2, 0.25) is 0 Å². The number of hydrogen-bond donors (Lipinski definition) is 2. The lowest BCUT2D eigenvalue weighted by Gasteiger charge is -2.27. The molecule has 0 saturated heterocycles. The zero-order valence-corrected chi connectivity index (χ0v) is 44.5. The molecule has 0 atom stereocenters. The van der Waals surface area contributed by atoms with Gasteiger partial charge < -0.3 is 9.97 Å². The summed E-state index contributed by atoms with van der Waals surface area (Å²) in [7, 11) is 0. The van der Waals surface area contributed by atoms with Gasteiger partial charge in [0.25, 0.3) is 0 Å². The van der Waals surface area contributed by atoms with Crippen LogP contribution in [0.4, 0.5) is 0 Å². The van der Waals surface area contributed by atoms with Crippen LogP contribution in [0.15, 0.2) is 237 Å². The highest BCUT2D eigenvalue weighted by atomic mass is 15.1. The number of H-pyrrole nitrogens is 2. The van der Waals surface area contributed by atoms with Gasteiger partial charge in [-0.25, -0.2) is 24.9 Å². The van der Waals surface area contributed by atoms with Crippen molar-refractivity contribution in [2.24, 2.45) is 0 Å². The normalized spacial score (nSPS) is 12.0. The number of aromatic nitrogens is 11. The molecule has 0 radical (unpaired) electrons. The summed E-state index contributed by atoms with van der Waals surface area (Å²) in [5, 5.41) is 22.1. The average molecular weight is 1070 g/mol. The Kier molecular flexibility index (Phi) is 9.83. The molecule has 0 aliphatic heterocycles. The van der Waals surface area contributed by atoms with Gasteiger partial charge in [-0.3, -0.25) is 9.97 Å². The summed E-state index contributed by atoms with van der Waals surface area (Å²) in [5.41, 5.74) is 17.9. The Hall–Kier alpha value is -11.7. The fourth-order valence-electron chi connectivity index (χ4n) is 13.3. The molecule has 388 valence electrons. The standard InChI is InChI=1S/C73H41N11/c1-4-17-43-42(16-1)38-77-59-29-13-22-50(62(43)59)64-63(46-20-12-28-58-53(46)36-40-14-2-7-24-54(40)79-58)51-31-30-49(60-37-41-15-3-8-25-55(41)83-84-60)67(73-78-39-61-72(82-73)76-35-34-74-61)65(51)66(52-23-11-21-47-44-18-5-9-26-56(44)80-69(47)52)68(64)71-70-48(32-33-75-71)45-19-6-10-27-57(45)81-70/h1-39,80-81H. The van der Waals surface area contributed by atoms with Crippen molar-refractivity contribution in [3.63, 3.8) is 0 Å². The lowest BCUT2D eigenvalue weighted by atomic mass is 9.76. The van der Waals surface area contributed by atoms with Crippen LogP contribution >= 0.6 is 0 Å². The minimum absolute atomic E-state index is 0.441. The number of benzene rings is 10. The lowest BCUT2D eigenvalue weighted by Crippen LogP contribution is -2.04. The van der Waals surface area contributed by atoms with Crippen molar-refractivity contribution in [2.75, 3.05) is 0 Å². The number of pyridine rings is 3. The molecule has 8 aromatic heterocycles. The van der Waals surface area contributed by atoms with Gasteiger partial charge in [0.1, 0.15) is 5.52 Å².